The van der Waals surface area contributed by atoms with E-state index in [1.165, 1.54) is 6.33 Å². The summed E-state index contributed by atoms with van der Waals surface area (Å²) < 4.78 is 0. The van der Waals surface area contributed by atoms with Gasteiger partial charge in [-0.2, -0.15) is 0 Å². The molecule has 0 aliphatic carbocycles. The SMILES string of the molecule is C=CC(=O)Nn1ncnn1. The Kier molecular flexibility index (Phi) is 1.74. The van der Waals surface area contributed by atoms with E-state index in [0.717, 1.165) is 11.0 Å². The summed E-state index contributed by atoms with van der Waals surface area (Å²) in [4.78, 5) is 11.5. The molecule has 1 N–H and O–H groups in total. The largest absolute Gasteiger partial charge is 0.268 e. The Morgan fingerprint density at radius 1 is 1.80 bits per heavy atom. The van der Waals surface area contributed by atoms with E-state index in [4.69, 9.17) is 0 Å². The van der Waals surface area contributed by atoms with Gasteiger partial charge in [-0.05, 0) is 11.3 Å². The van der Waals surface area contributed by atoms with Crippen LogP contribution >= 0.6 is 0 Å². The molecule has 52 valence electrons. The molecule has 10 heavy (non-hydrogen) atoms. The Bertz CT molecular complexity index is 228. The van der Waals surface area contributed by atoms with Gasteiger partial charge in [0.05, 0.1) is 0 Å². The molecule has 1 aromatic heterocycles. The van der Waals surface area contributed by atoms with Gasteiger partial charge >= 0.3 is 0 Å². The summed E-state index contributed by atoms with van der Waals surface area (Å²) >= 11 is 0. The lowest BCUT2D eigenvalue weighted by atomic mass is 10.6. The van der Waals surface area contributed by atoms with E-state index in [9.17, 15) is 4.79 Å². The number of amides is 1. The zero-order valence-corrected chi connectivity index (χ0v) is 5.06. The van der Waals surface area contributed by atoms with Gasteiger partial charge in [0.2, 0.25) is 0 Å². The van der Waals surface area contributed by atoms with Crippen molar-refractivity contribution in [1.29, 1.82) is 0 Å². The van der Waals surface area contributed by atoms with Crippen molar-refractivity contribution in [3.63, 3.8) is 0 Å². The number of rotatable bonds is 2. The molecular formula is C4H5N5O. The quantitative estimate of drug-likeness (QED) is 0.529. The number of nitrogens with one attached hydrogen (secondary N) is 1. The van der Waals surface area contributed by atoms with Crippen LogP contribution in [0.25, 0.3) is 0 Å². The molecule has 0 atom stereocenters. The van der Waals surface area contributed by atoms with Crippen LogP contribution in [0.4, 0.5) is 0 Å². The van der Waals surface area contributed by atoms with Gasteiger partial charge in [-0.3, -0.25) is 4.79 Å². The molecule has 0 aliphatic rings. The van der Waals surface area contributed by atoms with Crippen LogP contribution in [0.5, 0.6) is 0 Å². The van der Waals surface area contributed by atoms with Crippen LogP contribution in [0, 0.1) is 0 Å². The Morgan fingerprint density at radius 2 is 2.60 bits per heavy atom. The maximum Gasteiger partial charge on any atom is 0.264 e. The van der Waals surface area contributed by atoms with E-state index in [2.05, 4.69) is 27.4 Å². The van der Waals surface area contributed by atoms with Gasteiger partial charge in [0, 0.05) is 0 Å². The average Bonchev–Trinajstić information content (AvgIpc) is 2.40. The summed E-state index contributed by atoms with van der Waals surface area (Å²) in [6.45, 7) is 3.24. The van der Waals surface area contributed by atoms with E-state index < -0.39 is 0 Å². The predicted octanol–water partition coefficient (Wildman–Crippen LogP) is -1.07. The molecule has 0 fully saturated rings. The molecule has 0 radical (unpaired) electrons. The molecule has 6 heteroatoms. The Balaban J connectivity index is 2.56. The zero-order valence-electron chi connectivity index (χ0n) is 5.06. The minimum absolute atomic E-state index is 0.377. The first-order chi connectivity index (χ1) is 4.83. The average molecular weight is 139 g/mol. The lowest BCUT2D eigenvalue weighted by Crippen LogP contribution is -2.23. The number of carbonyl (C=O) groups is 1. The molecule has 0 spiro atoms. The number of aromatic nitrogens is 4. The highest BCUT2D eigenvalue weighted by Crippen LogP contribution is 1.69. The third kappa shape index (κ3) is 1.38. The third-order valence-corrected chi connectivity index (χ3v) is 0.745. The lowest BCUT2D eigenvalue weighted by Gasteiger charge is -1.94. The Hall–Kier alpha value is -1.72. The van der Waals surface area contributed by atoms with E-state index in [-0.39, 0.29) is 5.91 Å². The molecule has 1 amide bonds. The van der Waals surface area contributed by atoms with Crippen LogP contribution < -0.4 is 5.43 Å². The van der Waals surface area contributed by atoms with Gasteiger partial charge < -0.3 is 0 Å². The van der Waals surface area contributed by atoms with Crippen LogP contribution in [0.15, 0.2) is 19.0 Å². The van der Waals surface area contributed by atoms with Crippen molar-refractivity contribution >= 4 is 5.91 Å². The van der Waals surface area contributed by atoms with E-state index in [1.807, 2.05) is 0 Å². The first-order valence-electron chi connectivity index (χ1n) is 2.49. The Morgan fingerprint density at radius 3 is 3.10 bits per heavy atom. The first-order valence-corrected chi connectivity index (χ1v) is 2.49. The summed E-state index contributed by atoms with van der Waals surface area (Å²) in [5.41, 5.74) is 2.25. The van der Waals surface area contributed by atoms with Gasteiger partial charge in [0.15, 0.2) is 6.33 Å². The molecule has 1 aromatic rings. The van der Waals surface area contributed by atoms with Gasteiger partial charge in [-0.25, -0.2) is 5.43 Å². The third-order valence-electron chi connectivity index (χ3n) is 0.745. The molecule has 0 saturated carbocycles. The van der Waals surface area contributed by atoms with Crippen LogP contribution in [-0.2, 0) is 4.79 Å². The van der Waals surface area contributed by atoms with Gasteiger partial charge in [-0.1, -0.05) is 11.5 Å². The van der Waals surface area contributed by atoms with Crippen molar-refractivity contribution in [2.75, 3.05) is 5.43 Å². The number of nitrogens with zero attached hydrogens (tertiary/aromatic N) is 4. The van der Waals surface area contributed by atoms with Crippen molar-refractivity contribution in [1.82, 2.24) is 20.3 Å². The predicted molar refractivity (Wildman–Crippen MR) is 32.4 cm³/mol. The molecule has 0 saturated heterocycles. The molecule has 1 heterocycles. The number of carbonyl (C=O) groups excluding carboxylic acids is 1. The summed E-state index contributed by atoms with van der Waals surface area (Å²) in [5, 5.41) is 10.3. The van der Waals surface area contributed by atoms with Gasteiger partial charge in [-0.15, -0.1) is 10.2 Å². The van der Waals surface area contributed by atoms with Crippen molar-refractivity contribution in [3.8, 4) is 0 Å². The second-order valence-corrected chi connectivity index (χ2v) is 1.41. The van der Waals surface area contributed by atoms with E-state index >= 15 is 0 Å². The second kappa shape index (κ2) is 2.72. The summed E-state index contributed by atoms with van der Waals surface area (Å²) in [6.07, 6.45) is 2.33. The minimum atomic E-state index is -0.377. The Labute approximate surface area is 56.5 Å². The molecule has 0 aromatic carbocycles. The molecule has 0 bridgehead atoms. The van der Waals surface area contributed by atoms with E-state index in [1.54, 1.807) is 0 Å². The highest BCUT2D eigenvalue weighted by Gasteiger charge is 1.94. The minimum Gasteiger partial charge on any atom is -0.268 e. The van der Waals surface area contributed by atoms with Gasteiger partial charge in [0.1, 0.15) is 0 Å². The highest BCUT2D eigenvalue weighted by molar-refractivity contribution is 5.93. The fraction of sp³-hybridized carbons (Fsp3) is 0. The fourth-order valence-electron chi connectivity index (χ4n) is 0.363. The monoisotopic (exact) mass is 139 g/mol. The van der Waals surface area contributed by atoms with Crippen molar-refractivity contribution in [3.05, 3.63) is 19.0 Å². The standard InChI is InChI=1S/C4H5N5O/c1-2-4(10)7-9-6-3-5-8-9/h2-3H,1H2,(H,7,10). The smallest absolute Gasteiger partial charge is 0.264 e. The summed E-state index contributed by atoms with van der Waals surface area (Å²) in [5.74, 6) is -0.377. The molecule has 6 nitrogen and oxygen atoms in total. The van der Waals surface area contributed by atoms with Crippen LogP contribution in [0.2, 0.25) is 0 Å². The number of hydrogen-bond acceptors (Lipinski definition) is 4. The van der Waals surface area contributed by atoms with Crippen molar-refractivity contribution in [2.45, 2.75) is 0 Å². The van der Waals surface area contributed by atoms with Crippen LogP contribution in [-0.4, -0.2) is 26.2 Å². The van der Waals surface area contributed by atoms with Crippen molar-refractivity contribution in [2.24, 2.45) is 0 Å². The molecule has 0 aliphatic heterocycles. The van der Waals surface area contributed by atoms with E-state index in [0.29, 0.717) is 0 Å². The summed E-state index contributed by atoms with van der Waals surface area (Å²) in [6, 6.07) is 0. The molecule has 0 unspecified atom stereocenters. The molecular weight excluding hydrogens is 134 g/mol. The van der Waals surface area contributed by atoms with Crippen LogP contribution in [0.3, 0.4) is 0 Å². The number of tetrazole rings is 1. The highest BCUT2D eigenvalue weighted by atomic mass is 16.2. The van der Waals surface area contributed by atoms with Gasteiger partial charge in [0.25, 0.3) is 5.91 Å². The second-order valence-electron chi connectivity index (χ2n) is 1.41. The maximum atomic E-state index is 10.5. The first kappa shape index (κ1) is 6.40. The van der Waals surface area contributed by atoms with Crippen LogP contribution in [0.1, 0.15) is 0 Å². The maximum absolute atomic E-state index is 10.5. The zero-order chi connectivity index (χ0) is 7.40. The summed E-state index contributed by atoms with van der Waals surface area (Å²) in [7, 11) is 0. The topological polar surface area (TPSA) is 72.7 Å². The van der Waals surface area contributed by atoms with Crippen molar-refractivity contribution < 1.29 is 4.79 Å². The fourth-order valence-corrected chi connectivity index (χ4v) is 0.363. The normalized spacial score (nSPS) is 8.80. The number of hydrogen-bond donors (Lipinski definition) is 1. The molecule has 1 rings (SSSR count). The lowest BCUT2D eigenvalue weighted by molar-refractivity contribution is -0.113.